The molecule has 0 bridgehead atoms. The highest BCUT2D eigenvalue weighted by molar-refractivity contribution is 5.97. The number of amides is 3. The molecule has 1 atom stereocenters. The second kappa shape index (κ2) is 7.10. The number of methoxy groups -OCH3 is 1. The van der Waals surface area contributed by atoms with E-state index in [1.54, 1.807) is 0 Å². The fourth-order valence-electron chi connectivity index (χ4n) is 1.41. The molecule has 0 saturated heterocycles. The van der Waals surface area contributed by atoms with E-state index in [1.165, 1.54) is 24.3 Å². The monoisotopic (exact) mass is 281 g/mol. The van der Waals surface area contributed by atoms with Gasteiger partial charge in [0.05, 0.1) is 13.7 Å². The van der Waals surface area contributed by atoms with Gasteiger partial charge in [-0.3, -0.25) is 4.79 Å². The maximum absolute atomic E-state index is 11.8. The number of hydrogen-bond acceptors (Lipinski definition) is 5. The molecule has 20 heavy (non-hydrogen) atoms. The largest absolute Gasteiger partial charge is 0.467 e. The first-order valence-corrected chi connectivity index (χ1v) is 5.64. The van der Waals surface area contributed by atoms with Crippen LogP contribution in [-0.2, 0) is 9.53 Å². The lowest BCUT2D eigenvalue weighted by Crippen LogP contribution is -2.44. The fourth-order valence-corrected chi connectivity index (χ4v) is 1.41. The highest BCUT2D eigenvalue weighted by atomic mass is 16.5. The standard InChI is InChI=1S/C12H15N3O5/c1-20-11(18)9(6-16)15-10(17)7-2-4-8(5-3-7)14-12(13)19/h2-5,9,16H,6H2,1H3,(H,15,17)(H3,13,14,19). The molecule has 0 aromatic heterocycles. The van der Waals surface area contributed by atoms with Gasteiger partial charge >= 0.3 is 12.0 Å². The zero-order chi connectivity index (χ0) is 15.1. The first-order chi connectivity index (χ1) is 9.47. The Morgan fingerprint density at radius 3 is 2.35 bits per heavy atom. The van der Waals surface area contributed by atoms with Gasteiger partial charge in [-0.1, -0.05) is 0 Å². The number of carbonyl (C=O) groups is 3. The van der Waals surface area contributed by atoms with Crippen molar-refractivity contribution in [2.24, 2.45) is 5.73 Å². The number of anilines is 1. The van der Waals surface area contributed by atoms with E-state index in [0.29, 0.717) is 5.69 Å². The molecule has 0 aliphatic rings. The second-order valence-electron chi connectivity index (χ2n) is 3.80. The van der Waals surface area contributed by atoms with E-state index in [9.17, 15) is 14.4 Å². The number of urea groups is 1. The Hall–Kier alpha value is -2.61. The third-order valence-corrected chi connectivity index (χ3v) is 2.39. The van der Waals surface area contributed by atoms with Gasteiger partial charge in [0.25, 0.3) is 5.91 Å². The van der Waals surface area contributed by atoms with Gasteiger partial charge in [-0.05, 0) is 24.3 Å². The number of hydrogen-bond donors (Lipinski definition) is 4. The van der Waals surface area contributed by atoms with Gasteiger partial charge < -0.3 is 26.2 Å². The summed E-state index contributed by atoms with van der Waals surface area (Å²) in [4.78, 5) is 33.7. The normalized spacial score (nSPS) is 11.3. The minimum atomic E-state index is -1.13. The van der Waals surface area contributed by atoms with Crippen LogP contribution in [0, 0.1) is 0 Å². The summed E-state index contributed by atoms with van der Waals surface area (Å²) in [7, 11) is 1.15. The van der Waals surface area contributed by atoms with Crippen LogP contribution >= 0.6 is 0 Å². The highest BCUT2D eigenvalue weighted by Crippen LogP contribution is 2.09. The summed E-state index contributed by atoms with van der Waals surface area (Å²) in [5.74, 6) is -1.30. The Morgan fingerprint density at radius 2 is 1.90 bits per heavy atom. The average Bonchev–Trinajstić information content (AvgIpc) is 2.43. The lowest BCUT2D eigenvalue weighted by molar-refractivity contribution is -0.143. The van der Waals surface area contributed by atoms with Crippen LogP contribution in [0.1, 0.15) is 10.4 Å². The Kier molecular flexibility index (Phi) is 5.48. The Morgan fingerprint density at radius 1 is 1.30 bits per heavy atom. The first kappa shape index (κ1) is 15.4. The average molecular weight is 281 g/mol. The van der Waals surface area contributed by atoms with Crippen LogP contribution < -0.4 is 16.4 Å². The molecular weight excluding hydrogens is 266 g/mol. The number of benzene rings is 1. The molecule has 1 unspecified atom stereocenters. The molecule has 8 heteroatoms. The molecule has 8 nitrogen and oxygen atoms in total. The zero-order valence-corrected chi connectivity index (χ0v) is 10.8. The van der Waals surface area contributed by atoms with Crippen molar-refractivity contribution >= 4 is 23.6 Å². The molecule has 0 saturated carbocycles. The highest BCUT2D eigenvalue weighted by Gasteiger charge is 2.20. The van der Waals surface area contributed by atoms with Crippen LogP contribution in [0.2, 0.25) is 0 Å². The first-order valence-electron chi connectivity index (χ1n) is 5.64. The zero-order valence-electron chi connectivity index (χ0n) is 10.8. The summed E-state index contributed by atoms with van der Waals surface area (Å²) in [6, 6.07) is 3.99. The minimum absolute atomic E-state index is 0.252. The summed E-state index contributed by atoms with van der Waals surface area (Å²) in [5, 5.41) is 13.7. The summed E-state index contributed by atoms with van der Waals surface area (Å²) in [5.41, 5.74) is 5.63. The number of ether oxygens (including phenoxy) is 1. The van der Waals surface area contributed by atoms with E-state index >= 15 is 0 Å². The van der Waals surface area contributed by atoms with E-state index in [2.05, 4.69) is 15.4 Å². The molecule has 1 rings (SSSR count). The number of rotatable bonds is 5. The lowest BCUT2D eigenvalue weighted by atomic mass is 10.2. The van der Waals surface area contributed by atoms with Gasteiger partial charge in [0.1, 0.15) is 0 Å². The number of primary amides is 1. The Labute approximate surface area is 114 Å². The van der Waals surface area contributed by atoms with E-state index < -0.39 is 30.6 Å². The van der Waals surface area contributed by atoms with Crippen molar-refractivity contribution < 1.29 is 24.2 Å². The number of carbonyl (C=O) groups excluding carboxylic acids is 3. The molecule has 0 radical (unpaired) electrons. The molecule has 1 aromatic carbocycles. The van der Waals surface area contributed by atoms with Gasteiger partial charge in [0.2, 0.25) is 0 Å². The molecule has 1 aromatic rings. The topological polar surface area (TPSA) is 131 Å². The van der Waals surface area contributed by atoms with Crippen molar-refractivity contribution in [1.29, 1.82) is 0 Å². The van der Waals surface area contributed by atoms with Crippen molar-refractivity contribution in [3.05, 3.63) is 29.8 Å². The van der Waals surface area contributed by atoms with Gasteiger partial charge in [-0.15, -0.1) is 0 Å². The van der Waals surface area contributed by atoms with Crippen LogP contribution in [0.5, 0.6) is 0 Å². The maximum Gasteiger partial charge on any atom is 0.330 e. The molecule has 0 fully saturated rings. The van der Waals surface area contributed by atoms with Gasteiger partial charge in [0.15, 0.2) is 6.04 Å². The summed E-state index contributed by atoms with van der Waals surface area (Å²) < 4.78 is 4.43. The SMILES string of the molecule is COC(=O)C(CO)NC(=O)c1ccc(NC(N)=O)cc1. The molecule has 0 spiro atoms. The van der Waals surface area contributed by atoms with Crippen molar-refractivity contribution in [3.63, 3.8) is 0 Å². The van der Waals surface area contributed by atoms with Gasteiger partial charge in [-0.2, -0.15) is 0 Å². The van der Waals surface area contributed by atoms with Crippen molar-refractivity contribution in [2.45, 2.75) is 6.04 Å². The van der Waals surface area contributed by atoms with Gasteiger partial charge in [0, 0.05) is 11.3 Å². The number of nitrogens with one attached hydrogen (secondary N) is 2. The maximum atomic E-state index is 11.8. The second-order valence-corrected chi connectivity index (χ2v) is 3.80. The summed E-state index contributed by atoms with van der Waals surface area (Å²) >= 11 is 0. The molecular formula is C12H15N3O5. The molecule has 0 heterocycles. The van der Waals surface area contributed by atoms with E-state index in [-0.39, 0.29) is 5.56 Å². The number of esters is 1. The molecule has 5 N–H and O–H groups in total. The van der Waals surface area contributed by atoms with Crippen LogP contribution in [0.25, 0.3) is 0 Å². The quantitative estimate of drug-likeness (QED) is 0.537. The smallest absolute Gasteiger partial charge is 0.330 e. The number of aliphatic hydroxyl groups excluding tert-OH is 1. The predicted octanol–water partition coefficient (Wildman–Crippen LogP) is -0.559. The van der Waals surface area contributed by atoms with E-state index in [1.807, 2.05) is 0 Å². The minimum Gasteiger partial charge on any atom is -0.467 e. The third kappa shape index (κ3) is 4.25. The Bertz CT molecular complexity index is 500. The molecule has 3 amide bonds. The fraction of sp³-hybridized carbons (Fsp3) is 0.250. The summed E-state index contributed by atoms with van der Waals surface area (Å²) in [6.45, 7) is -0.570. The number of aliphatic hydroxyl groups is 1. The Balaban J connectivity index is 2.72. The predicted molar refractivity (Wildman–Crippen MR) is 70.0 cm³/mol. The van der Waals surface area contributed by atoms with Gasteiger partial charge in [-0.25, -0.2) is 9.59 Å². The van der Waals surface area contributed by atoms with E-state index in [0.717, 1.165) is 7.11 Å². The molecule has 0 aliphatic heterocycles. The lowest BCUT2D eigenvalue weighted by Gasteiger charge is -2.13. The van der Waals surface area contributed by atoms with Crippen molar-refractivity contribution in [3.8, 4) is 0 Å². The van der Waals surface area contributed by atoms with Crippen molar-refractivity contribution in [1.82, 2.24) is 5.32 Å². The third-order valence-electron chi connectivity index (χ3n) is 2.39. The van der Waals surface area contributed by atoms with Crippen LogP contribution in [0.15, 0.2) is 24.3 Å². The van der Waals surface area contributed by atoms with Crippen LogP contribution in [-0.4, -0.2) is 42.8 Å². The molecule has 0 aliphatic carbocycles. The molecule has 108 valence electrons. The van der Waals surface area contributed by atoms with Crippen molar-refractivity contribution in [2.75, 3.05) is 19.0 Å². The van der Waals surface area contributed by atoms with Crippen LogP contribution in [0.4, 0.5) is 10.5 Å². The van der Waals surface area contributed by atoms with E-state index in [4.69, 9.17) is 10.8 Å². The van der Waals surface area contributed by atoms with Crippen LogP contribution in [0.3, 0.4) is 0 Å². The summed E-state index contributed by atoms with van der Waals surface area (Å²) in [6.07, 6.45) is 0. The number of nitrogens with two attached hydrogens (primary N) is 1.